The molecule has 0 bridgehead atoms. The normalized spacial score (nSPS) is 25.4. The maximum absolute atomic E-state index is 13.9. The standard InChI is InChI=1S/C20H21FN2O/c1-19(2)9-12-7-16-15(11-22-23-16)20(3,18(12)17(24)10-19)13-5-4-6-14(21)8-13/h4-6,8,11H,7,9-10H2,1-3H3,(H,22,23)/t20-/m1/s1. The van der Waals surface area contributed by atoms with Gasteiger partial charge in [-0.2, -0.15) is 5.10 Å². The van der Waals surface area contributed by atoms with Crippen molar-refractivity contribution in [2.75, 3.05) is 0 Å². The number of hydrogen-bond donors (Lipinski definition) is 1. The summed E-state index contributed by atoms with van der Waals surface area (Å²) in [6.07, 6.45) is 3.93. The Morgan fingerprint density at radius 3 is 2.75 bits per heavy atom. The molecular formula is C20H21FN2O. The number of nitrogens with one attached hydrogen (secondary N) is 1. The van der Waals surface area contributed by atoms with Crippen molar-refractivity contribution in [1.29, 1.82) is 0 Å². The van der Waals surface area contributed by atoms with Crippen LogP contribution in [0.1, 0.15) is 50.4 Å². The van der Waals surface area contributed by atoms with E-state index in [1.807, 2.05) is 13.0 Å². The van der Waals surface area contributed by atoms with E-state index >= 15 is 0 Å². The van der Waals surface area contributed by atoms with Gasteiger partial charge in [0.25, 0.3) is 0 Å². The first kappa shape index (κ1) is 15.3. The summed E-state index contributed by atoms with van der Waals surface area (Å²) in [6, 6.07) is 6.59. The summed E-state index contributed by atoms with van der Waals surface area (Å²) in [5.74, 6) is -0.102. The zero-order chi connectivity index (χ0) is 17.1. The van der Waals surface area contributed by atoms with E-state index in [0.29, 0.717) is 6.42 Å². The Balaban J connectivity index is 2.00. The molecule has 1 atom stereocenters. The van der Waals surface area contributed by atoms with Crippen molar-refractivity contribution in [1.82, 2.24) is 10.2 Å². The highest BCUT2D eigenvalue weighted by Crippen LogP contribution is 2.51. The third-order valence-electron chi connectivity index (χ3n) is 5.51. The van der Waals surface area contributed by atoms with Gasteiger partial charge in [-0.25, -0.2) is 4.39 Å². The van der Waals surface area contributed by atoms with Gasteiger partial charge in [-0.1, -0.05) is 31.6 Å². The average molecular weight is 324 g/mol. The molecule has 0 amide bonds. The second kappa shape index (κ2) is 4.88. The fourth-order valence-electron chi connectivity index (χ4n) is 4.56. The maximum Gasteiger partial charge on any atom is 0.160 e. The van der Waals surface area contributed by atoms with E-state index < -0.39 is 5.41 Å². The molecule has 1 heterocycles. The summed E-state index contributed by atoms with van der Waals surface area (Å²) in [5, 5.41) is 7.29. The Hall–Kier alpha value is -2.23. The van der Waals surface area contributed by atoms with Crippen LogP contribution in [0.4, 0.5) is 4.39 Å². The minimum atomic E-state index is -0.647. The predicted octanol–water partition coefficient (Wildman–Crippen LogP) is 4.10. The summed E-state index contributed by atoms with van der Waals surface area (Å²) in [7, 11) is 0. The molecule has 1 aromatic carbocycles. The van der Waals surface area contributed by atoms with Crippen LogP contribution >= 0.6 is 0 Å². The van der Waals surface area contributed by atoms with E-state index in [0.717, 1.165) is 35.2 Å². The topological polar surface area (TPSA) is 45.8 Å². The van der Waals surface area contributed by atoms with Crippen molar-refractivity contribution < 1.29 is 9.18 Å². The van der Waals surface area contributed by atoms with Crippen molar-refractivity contribution in [3.63, 3.8) is 0 Å². The monoisotopic (exact) mass is 324 g/mol. The number of nitrogens with zero attached hydrogens (tertiary/aromatic N) is 1. The Morgan fingerprint density at radius 2 is 2.00 bits per heavy atom. The zero-order valence-electron chi connectivity index (χ0n) is 14.2. The largest absolute Gasteiger partial charge is 0.294 e. The number of H-pyrrole nitrogens is 1. The summed E-state index contributed by atoms with van der Waals surface area (Å²) >= 11 is 0. The number of hydrogen-bond acceptors (Lipinski definition) is 2. The molecule has 0 saturated carbocycles. The fourth-order valence-corrected chi connectivity index (χ4v) is 4.56. The zero-order valence-corrected chi connectivity index (χ0v) is 14.2. The number of halogens is 1. The Kier molecular flexibility index (Phi) is 3.11. The minimum absolute atomic E-state index is 0.0315. The molecule has 4 heteroatoms. The predicted molar refractivity (Wildman–Crippen MR) is 90.2 cm³/mol. The van der Waals surface area contributed by atoms with Crippen molar-refractivity contribution in [3.8, 4) is 0 Å². The number of allylic oxidation sites excluding steroid dienone is 2. The number of aromatic nitrogens is 2. The van der Waals surface area contributed by atoms with Crippen LogP contribution in [0.2, 0.25) is 0 Å². The lowest BCUT2D eigenvalue weighted by Gasteiger charge is -2.43. The van der Waals surface area contributed by atoms with Crippen molar-refractivity contribution >= 4 is 5.78 Å². The highest BCUT2D eigenvalue weighted by atomic mass is 19.1. The Bertz CT molecular complexity index is 877. The van der Waals surface area contributed by atoms with Gasteiger partial charge in [0.15, 0.2) is 5.78 Å². The number of carbonyl (C=O) groups is 1. The second-order valence-corrected chi connectivity index (χ2v) is 7.99. The number of aromatic amines is 1. The van der Waals surface area contributed by atoms with E-state index in [1.165, 1.54) is 11.6 Å². The molecular weight excluding hydrogens is 303 g/mol. The molecule has 3 nitrogen and oxygen atoms in total. The molecule has 2 aromatic rings. The van der Waals surface area contributed by atoms with Crippen LogP contribution in [0.15, 0.2) is 41.6 Å². The molecule has 1 aromatic heterocycles. The highest BCUT2D eigenvalue weighted by molar-refractivity contribution is 6.01. The van der Waals surface area contributed by atoms with Gasteiger partial charge in [-0.3, -0.25) is 9.89 Å². The first-order chi connectivity index (χ1) is 11.3. The van der Waals surface area contributed by atoms with Gasteiger partial charge in [0.1, 0.15) is 5.82 Å². The Morgan fingerprint density at radius 1 is 1.21 bits per heavy atom. The van der Waals surface area contributed by atoms with Crippen LogP contribution in [0.25, 0.3) is 0 Å². The molecule has 2 aliphatic carbocycles. The summed E-state index contributed by atoms with van der Waals surface area (Å²) in [4.78, 5) is 13.1. The van der Waals surface area contributed by atoms with E-state index in [-0.39, 0.29) is 17.0 Å². The highest BCUT2D eigenvalue weighted by Gasteiger charge is 2.47. The average Bonchev–Trinajstić information content (AvgIpc) is 2.94. The lowest BCUT2D eigenvalue weighted by atomic mass is 9.59. The SMILES string of the molecule is CC1(C)CC(=O)C2=C(Cc3[nH]ncc3[C@@]2(C)c2cccc(F)c2)C1. The number of ketones is 1. The van der Waals surface area contributed by atoms with Gasteiger partial charge in [0.05, 0.1) is 6.20 Å². The van der Waals surface area contributed by atoms with Crippen LogP contribution in [-0.4, -0.2) is 16.0 Å². The third kappa shape index (κ3) is 2.09. The number of fused-ring (bicyclic) bond motifs is 1. The van der Waals surface area contributed by atoms with Crippen LogP contribution in [0.5, 0.6) is 0 Å². The van der Waals surface area contributed by atoms with Gasteiger partial charge in [-0.05, 0) is 36.5 Å². The molecule has 24 heavy (non-hydrogen) atoms. The van der Waals surface area contributed by atoms with Crippen LogP contribution < -0.4 is 0 Å². The van der Waals surface area contributed by atoms with Gasteiger partial charge in [0, 0.05) is 35.1 Å². The van der Waals surface area contributed by atoms with Gasteiger partial charge in [-0.15, -0.1) is 0 Å². The summed E-state index contributed by atoms with van der Waals surface area (Å²) in [6.45, 7) is 6.30. The summed E-state index contributed by atoms with van der Waals surface area (Å²) in [5.41, 5.74) is 4.17. The minimum Gasteiger partial charge on any atom is -0.294 e. The van der Waals surface area contributed by atoms with Gasteiger partial charge in [0.2, 0.25) is 0 Å². The Labute approximate surface area is 141 Å². The number of benzene rings is 1. The van der Waals surface area contributed by atoms with E-state index in [2.05, 4.69) is 24.0 Å². The maximum atomic E-state index is 13.9. The molecule has 0 unspecified atom stereocenters. The molecule has 0 fully saturated rings. The molecule has 4 rings (SSSR count). The molecule has 2 aliphatic rings. The van der Waals surface area contributed by atoms with Crippen LogP contribution in [0, 0.1) is 11.2 Å². The second-order valence-electron chi connectivity index (χ2n) is 7.99. The number of Topliss-reactive ketones (excluding diaryl/α,β-unsaturated/α-hetero) is 1. The molecule has 1 N–H and O–H groups in total. The van der Waals surface area contributed by atoms with E-state index in [4.69, 9.17) is 0 Å². The number of carbonyl (C=O) groups excluding carboxylic acids is 1. The van der Waals surface area contributed by atoms with Crippen LogP contribution in [0.3, 0.4) is 0 Å². The third-order valence-corrected chi connectivity index (χ3v) is 5.51. The van der Waals surface area contributed by atoms with E-state index in [9.17, 15) is 9.18 Å². The van der Waals surface area contributed by atoms with Crippen molar-refractivity contribution in [2.24, 2.45) is 5.41 Å². The first-order valence-corrected chi connectivity index (χ1v) is 8.36. The molecule has 0 aliphatic heterocycles. The fraction of sp³-hybridized carbons (Fsp3) is 0.400. The smallest absolute Gasteiger partial charge is 0.160 e. The quantitative estimate of drug-likeness (QED) is 0.858. The lowest BCUT2D eigenvalue weighted by molar-refractivity contribution is -0.118. The molecule has 0 spiro atoms. The molecule has 0 saturated heterocycles. The van der Waals surface area contributed by atoms with Gasteiger partial charge >= 0.3 is 0 Å². The van der Waals surface area contributed by atoms with Gasteiger partial charge < -0.3 is 0 Å². The molecule has 124 valence electrons. The summed E-state index contributed by atoms with van der Waals surface area (Å²) < 4.78 is 13.9. The number of rotatable bonds is 1. The van der Waals surface area contributed by atoms with Crippen molar-refractivity contribution in [2.45, 2.75) is 45.4 Å². The molecule has 0 radical (unpaired) electrons. The van der Waals surface area contributed by atoms with E-state index in [1.54, 1.807) is 18.3 Å². The van der Waals surface area contributed by atoms with Crippen molar-refractivity contribution in [3.05, 3.63) is 64.2 Å². The van der Waals surface area contributed by atoms with Crippen LogP contribution in [-0.2, 0) is 16.6 Å². The first-order valence-electron chi connectivity index (χ1n) is 8.36. The lowest BCUT2D eigenvalue weighted by Crippen LogP contribution is -2.40.